The molecule has 0 saturated carbocycles. The topological polar surface area (TPSA) is 37.6 Å². The van der Waals surface area contributed by atoms with E-state index >= 15 is 0 Å². The SMILES string of the molecule is CC(=Nc1ccccc1C(C)C)c1cc2ccccc2c(C(C)=Nc2ccccc2C(C)C)n1.[Cl][Fe][Cl]. The molecule has 0 N–H and O–H groups in total. The average molecular weight is 574 g/mol. The maximum absolute atomic E-state index is 5.08. The van der Waals surface area contributed by atoms with Crippen LogP contribution in [0, 0.1) is 0 Å². The number of benzene rings is 3. The minimum atomic E-state index is 0.194. The second-order valence-corrected chi connectivity index (χ2v) is 11.3. The third-order valence-corrected chi connectivity index (χ3v) is 6.15. The van der Waals surface area contributed by atoms with Gasteiger partial charge < -0.3 is 0 Å². The summed E-state index contributed by atoms with van der Waals surface area (Å²) in [6, 6.07) is 27.2. The van der Waals surface area contributed by atoms with Crippen LogP contribution in [0.5, 0.6) is 0 Å². The third kappa shape index (κ3) is 7.52. The van der Waals surface area contributed by atoms with Gasteiger partial charge in [0.2, 0.25) is 0 Å². The molecule has 0 atom stereocenters. The Hall–Kier alpha value is -2.49. The predicted octanol–water partition coefficient (Wildman–Crippen LogP) is 10.1. The molecule has 0 aliphatic rings. The summed E-state index contributed by atoms with van der Waals surface area (Å²) in [5, 5.41) is 2.24. The van der Waals surface area contributed by atoms with Gasteiger partial charge in [0.05, 0.1) is 34.2 Å². The third-order valence-electron chi connectivity index (χ3n) is 6.15. The first-order valence-corrected chi connectivity index (χ1v) is 15.3. The van der Waals surface area contributed by atoms with Crippen molar-refractivity contribution < 1.29 is 13.1 Å². The molecule has 1 aromatic heterocycles. The van der Waals surface area contributed by atoms with Gasteiger partial charge in [-0.15, -0.1) is 0 Å². The van der Waals surface area contributed by atoms with Gasteiger partial charge in [0, 0.05) is 5.39 Å². The standard InChI is InChI=1S/C31H33N3.2ClH.Fe/c1-20(2)25-14-9-11-17-28(25)32-22(5)30-19-24-13-7-8-16-27(24)31(34-30)23(6)33-29-18-12-10-15-26(29)21(3)4;;;/h7-21H,1-6H3;2*1H;/q;;;+2/p-2. The summed E-state index contributed by atoms with van der Waals surface area (Å²) >= 11 is 0.194. The summed E-state index contributed by atoms with van der Waals surface area (Å²) in [6.07, 6.45) is 0. The molecule has 0 amide bonds. The van der Waals surface area contributed by atoms with E-state index in [4.69, 9.17) is 35.2 Å². The van der Waals surface area contributed by atoms with Crippen LogP contribution in [0.25, 0.3) is 10.8 Å². The van der Waals surface area contributed by atoms with Crippen molar-refractivity contribution in [1.82, 2.24) is 4.98 Å². The number of aromatic nitrogens is 1. The van der Waals surface area contributed by atoms with E-state index in [0.717, 1.165) is 45.0 Å². The first-order valence-electron chi connectivity index (χ1n) is 12.3. The van der Waals surface area contributed by atoms with Gasteiger partial charge in [-0.25, -0.2) is 4.98 Å². The fourth-order valence-corrected chi connectivity index (χ4v) is 4.29. The summed E-state index contributed by atoms with van der Waals surface area (Å²) in [6.45, 7) is 12.9. The van der Waals surface area contributed by atoms with Crippen LogP contribution in [0.1, 0.15) is 75.9 Å². The Balaban J connectivity index is 0.00000121. The number of aliphatic imine (C=N–C) groups is 2. The van der Waals surface area contributed by atoms with Crippen molar-refractivity contribution in [3.63, 3.8) is 0 Å². The Morgan fingerprint density at radius 1 is 0.703 bits per heavy atom. The van der Waals surface area contributed by atoms with Crippen LogP contribution in [-0.2, 0) is 13.1 Å². The van der Waals surface area contributed by atoms with Gasteiger partial charge in [-0.1, -0.05) is 88.4 Å². The van der Waals surface area contributed by atoms with Crippen molar-refractivity contribution >= 4 is 53.8 Å². The Kier molecular flexibility index (Phi) is 10.9. The van der Waals surface area contributed by atoms with Crippen molar-refractivity contribution in [1.29, 1.82) is 0 Å². The van der Waals surface area contributed by atoms with Crippen molar-refractivity contribution in [2.24, 2.45) is 9.98 Å². The summed E-state index contributed by atoms with van der Waals surface area (Å²) in [7, 11) is 9.53. The second-order valence-electron chi connectivity index (χ2n) is 9.45. The zero-order chi connectivity index (χ0) is 26.9. The van der Waals surface area contributed by atoms with Gasteiger partial charge in [0.1, 0.15) is 0 Å². The summed E-state index contributed by atoms with van der Waals surface area (Å²) in [5.74, 6) is 0.808. The summed E-state index contributed by atoms with van der Waals surface area (Å²) in [5.41, 5.74) is 8.07. The number of nitrogens with zero attached hydrogens (tertiary/aromatic N) is 3. The zero-order valence-electron chi connectivity index (χ0n) is 22.1. The molecule has 6 heteroatoms. The Labute approximate surface area is 235 Å². The molecule has 0 unspecified atom stereocenters. The van der Waals surface area contributed by atoms with Gasteiger partial charge in [-0.2, -0.15) is 0 Å². The monoisotopic (exact) mass is 573 g/mol. The Morgan fingerprint density at radius 2 is 1.16 bits per heavy atom. The van der Waals surface area contributed by atoms with Crippen molar-refractivity contribution in [2.45, 2.75) is 53.4 Å². The molecule has 0 saturated heterocycles. The van der Waals surface area contributed by atoms with Crippen LogP contribution in [0.15, 0.2) is 88.8 Å². The Morgan fingerprint density at radius 3 is 1.70 bits per heavy atom. The molecular formula is C31H33Cl2FeN3. The van der Waals surface area contributed by atoms with Crippen molar-refractivity contribution in [2.75, 3.05) is 0 Å². The molecule has 0 spiro atoms. The number of hydrogen-bond donors (Lipinski definition) is 0. The molecule has 37 heavy (non-hydrogen) atoms. The molecule has 194 valence electrons. The molecule has 0 fully saturated rings. The van der Waals surface area contributed by atoms with E-state index in [0.29, 0.717) is 11.8 Å². The van der Waals surface area contributed by atoms with Gasteiger partial charge in [-0.05, 0) is 60.4 Å². The van der Waals surface area contributed by atoms with Crippen LogP contribution in [0.3, 0.4) is 0 Å². The number of fused-ring (bicyclic) bond motifs is 1. The zero-order valence-corrected chi connectivity index (χ0v) is 24.7. The van der Waals surface area contributed by atoms with Crippen LogP contribution >= 0.6 is 20.2 Å². The number of halogens is 2. The molecule has 1 heterocycles. The molecule has 3 aromatic carbocycles. The molecule has 3 nitrogen and oxygen atoms in total. The summed E-state index contributed by atoms with van der Waals surface area (Å²) in [4.78, 5) is 15.1. The summed E-state index contributed by atoms with van der Waals surface area (Å²) < 4.78 is 0. The fourth-order valence-electron chi connectivity index (χ4n) is 4.29. The average Bonchev–Trinajstić information content (AvgIpc) is 2.88. The number of hydrogen-bond acceptors (Lipinski definition) is 3. The van der Waals surface area contributed by atoms with Gasteiger partial charge >= 0.3 is 33.3 Å². The van der Waals surface area contributed by atoms with E-state index in [-0.39, 0.29) is 13.1 Å². The van der Waals surface area contributed by atoms with Crippen molar-refractivity contribution in [3.8, 4) is 0 Å². The van der Waals surface area contributed by atoms with E-state index < -0.39 is 0 Å². The molecule has 4 aromatic rings. The van der Waals surface area contributed by atoms with E-state index in [2.05, 4.69) is 101 Å². The molecular weight excluding hydrogens is 541 g/mol. The van der Waals surface area contributed by atoms with Gasteiger partial charge in [-0.3, -0.25) is 9.98 Å². The van der Waals surface area contributed by atoms with Crippen LogP contribution in [0.2, 0.25) is 0 Å². The second kappa shape index (κ2) is 13.9. The first-order chi connectivity index (χ1) is 17.8. The van der Waals surface area contributed by atoms with Gasteiger partial charge in [0.15, 0.2) is 0 Å². The van der Waals surface area contributed by atoms with E-state index in [1.54, 1.807) is 0 Å². The molecule has 0 aliphatic heterocycles. The van der Waals surface area contributed by atoms with Crippen LogP contribution < -0.4 is 0 Å². The normalized spacial score (nSPS) is 12.3. The molecule has 0 bridgehead atoms. The molecule has 4 rings (SSSR count). The molecule has 0 aliphatic carbocycles. The Bertz CT molecular complexity index is 1410. The number of rotatable bonds is 6. The fraction of sp³-hybridized carbons (Fsp3) is 0.258. The number of pyridine rings is 1. The van der Waals surface area contributed by atoms with E-state index in [9.17, 15) is 0 Å². The van der Waals surface area contributed by atoms with E-state index in [1.165, 1.54) is 11.1 Å². The number of para-hydroxylation sites is 2. The predicted molar refractivity (Wildman–Crippen MR) is 158 cm³/mol. The maximum atomic E-state index is 5.08. The van der Waals surface area contributed by atoms with Crippen molar-refractivity contribution in [3.05, 3.63) is 101 Å². The quantitative estimate of drug-likeness (QED) is 0.167. The minimum absolute atomic E-state index is 0.194. The first kappa shape index (κ1) is 29.1. The van der Waals surface area contributed by atoms with Crippen LogP contribution in [0.4, 0.5) is 11.4 Å². The van der Waals surface area contributed by atoms with Crippen LogP contribution in [-0.4, -0.2) is 16.4 Å². The van der Waals surface area contributed by atoms with E-state index in [1.807, 2.05) is 19.1 Å². The molecule has 0 radical (unpaired) electrons. The van der Waals surface area contributed by atoms with Gasteiger partial charge in [0.25, 0.3) is 0 Å².